The monoisotopic (exact) mass is 308 g/mol. The van der Waals surface area contributed by atoms with Crippen LogP contribution >= 0.6 is 11.8 Å². The Morgan fingerprint density at radius 1 is 1.52 bits per heavy atom. The van der Waals surface area contributed by atoms with Gasteiger partial charge < -0.3 is 15.0 Å². The topological polar surface area (TPSA) is 41.6 Å². The van der Waals surface area contributed by atoms with Crippen LogP contribution in [0.3, 0.4) is 0 Å². The largest absolute Gasteiger partial charge is 0.497 e. The van der Waals surface area contributed by atoms with Crippen LogP contribution in [0.4, 0.5) is 0 Å². The number of methoxy groups -OCH3 is 1. The number of nitrogens with zero attached hydrogens (tertiary/aromatic N) is 1. The van der Waals surface area contributed by atoms with Crippen LogP contribution < -0.4 is 10.1 Å². The Balaban J connectivity index is 1.69. The molecule has 1 aromatic carbocycles. The molecule has 1 unspecified atom stereocenters. The van der Waals surface area contributed by atoms with Gasteiger partial charge in [-0.05, 0) is 50.6 Å². The highest BCUT2D eigenvalue weighted by atomic mass is 32.2. The maximum Gasteiger partial charge on any atom is 0.230 e. The molecule has 1 heterocycles. The van der Waals surface area contributed by atoms with E-state index in [0.717, 1.165) is 23.7 Å². The molecule has 1 N–H and O–H groups in total. The molecular formula is C16H24N2O2S. The normalized spacial score (nSPS) is 19.2. The van der Waals surface area contributed by atoms with E-state index in [1.54, 1.807) is 18.9 Å². The van der Waals surface area contributed by atoms with Gasteiger partial charge in [0.15, 0.2) is 0 Å². The summed E-state index contributed by atoms with van der Waals surface area (Å²) in [5, 5.41) is 3.05. The molecule has 0 spiro atoms. The van der Waals surface area contributed by atoms with Gasteiger partial charge in [0.2, 0.25) is 5.91 Å². The lowest BCUT2D eigenvalue weighted by atomic mass is 9.98. The van der Waals surface area contributed by atoms with Crippen molar-refractivity contribution in [1.82, 2.24) is 10.2 Å². The van der Waals surface area contributed by atoms with E-state index in [4.69, 9.17) is 4.74 Å². The van der Waals surface area contributed by atoms with Gasteiger partial charge in [-0.2, -0.15) is 0 Å². The zero-order chi connectivity index (χ0) is 15.1. The molecular weight excluding hydrogens is 284 g/mol. The summed E-state index contributed by atoms with van der Waals surface area (Å²) in [6, 6.07) is 7.80. The molecule has 0 aromatic heterocycles. The van der Waals surface area contributed by atoms with Crippen LogP contribution in [0, 0.1) is 5.92 Å². The van der Waals surface area contributed by atoms with Crippen molar-refractivity contribution in [3.05, 3.63) is 24.3 Å². The lowest BCUT2D eigenvalue weighted by Crippen LogP contribution is -2.39. The molecule has 1 amide bonds. The Morgan fingerprint density at radius 2 is 2.38 bits per heavy atom. The third kappa shape index (κ3) is 5.59. The Labute approximate surface area is 131 Å². The molecule has 116 valence electrons. The number of ether oxygens (including phenoxy) is 1. The fraction of sp³-hybridized carbons (Fsp3) is 0.562. The summed E-state index contributed by atoms with van der Waals surface area (Å²) in [6.45, 7) is 3.06. The summed E-state index contributed by atoms with van der Waals surface area (Å²) >= 11 is 1.54. The number of nitrogens with one attached hydrogen (secondary N) is 1. The van der Waals surface area contributed by atoms with Crippen molar-refractivity contribution in [2.24, 2.45) is 5.92 Å². The number of benzene rings is 1. The minimum Gasteiger partial charge on any atom is -0.497 e. The van der Waals surface area contributed by atoms with E-state index in [1.165, 1.54) is 19.4 Å². The molecule has 0 bridgehead atoms. The second kappa shape index (κ2) is 8.29. The molecule has 0 saturated carbocycles. The van der Waals surface area contributed by atoms with E-state index >= 15 is 0 Å². The standard InChI is InChI=1S/C16H24N2O2S/c1-18-8-4-5-13(11-18)10-17-16(19)12-21-15-7-3-6-14(9-15)20-2/h3,6-7,9,13H,4-5,8,10-12H2,1-2H3,(H,17,19). The van der Waals surface area contributed by atoms with Gasteiger partial charge in [-0.3, -0.25) is 4.79 Å². The van der Waals surface area contributed by atoms with E-state index in [9.17, 15) is 4.79 Å². The minimum atomic E-state index is 0.107. The lowest BCUT2D eigenvalue weighted by Gasteiger charge is -2.29. The SMILES string of the molecule is COc1cccc(SCC(=O)NCC2CCCN(C)C2)c1. The molecule has 2 rings (SSSR count). The number of piperidine rings is 1. The van der Waals surface area contributed by atoms with Crippen LogP contribution in [0.15, 0.2) is 29.2 Å². The first-order chi connectivity index (χ1) is 10.2. The quantitative estimate of drug-likeness (QED) is 0.819. The number of amides is 1. The van der Waals surface area contributed by atoms with E-state index in [0.29, 0.717) is 11.7 Å². The molecule has 21 heavy (non-hydrogen) atoms. The zero-order valence-corrected chi connectivity index (χ0v) is 13.6. The predicted octanol–water partition coefficient (Wildman–Crippen LogP) is 2.25. The van der Waals surface area contributed by atoms with Gasteiger partial charge in [-0.25, -0.2) is 0 Å². The van der Waals surface area contributed by atoms with Gasteiger partial charge in [0.05, 0.1) is 12.9 Å². The number of carbonyl (C=O) groups excluding carboxylic acids is 1. The molecule has 0 radical (unpaired) electrons. The third-order valence-electron chi connectivity index (χ3n) is 3.72. The Kier molecular flexibility index (Phi) is 6.39. The van der Waals surface area contributed by atoms with Crippen molar-refractivity contribution in [2.45, 2.75) is 17.7 Å². The van der Waals surface area contributed by atoms with E-state index in [1.807, 2.05) is 24.3 Å². The molecule has 0 aliphatic carbocycles. The first-order valence-corrected chi connectivity index (χ1v) is 8.38. The minimum absolute atomic E-state index is 0.107. The molecule has 1 aliphatic heterocycles. The van der Waals surface area contributed by atoms with E-state index in [-0.39, 0.29) is 5.91 Å². The van der Waals surface area contributed by atoms with Gasteiger partial charge >= 0.3 is 0 Å². The van der Waals surface area contributed by atoms with Crippen LogP contribution in [-0.4, -0.2) is 50.4 Å². The van der Waals surface area contributed by atoms with Crippen molar-refractivity contribution in [3.63, 3.8) is 0 Å². The van der Waals surface area contributed by atoms with Gasteiger partial charge in [0.25, 0.3) is 0 Å². The highest BCUT2D eigenvalue weighted by molar-refractivity contribution is 8.00. The number of thioether (sulfide) groups is 1. The number of hydrogen-bond acceptors (Lipinski definition) is 4. The summed E-state index contributed by atoms with van der Waals surface area (Å²) < 4.78 is 5.18. The second-order valence-electron chi connectivity index (χ2n) is 5.54. The Bertz CT molecular complexity index is 467. The van der Waals surface area contributed by atoms with Gasteiger partial charge in [-0.1, -0.05) is 6.07 Å². The molecule has 5 heteroatoms. The van der Waals surface area contributed by atoms with Crippen LogP contribution in [0.1, 0.15) is 12.8 Å². The predicted molar refractivity (Wildman–Crippen MR) is 86.9 cm³/mol. The number of hydrogen-bond donors (Lipinski definition) is 1. The molecule has 4 nitrogen and oxygen atoms in total. The summed E-state index contributed by atoms with van der Waals surface area (Å²) in [5.74, 6) is 1.98. The Morgan fingerprint density at radius 3 is 3.14 bits per heavy atom. The summed E-state index contributed by atoms with van der Waals surface area (Å²) in [7, 11) is 3.80. The maximum atomic E-state index is 11.9. The second-order valence-corrected chi connectivity index (χ2v) is 6.59. The molecule has 1 saturated heterocycles. The van der Waals surface area contributed by atoms with E-state index in [2.05, 4.69) is 17.3 Å². The summed E-state index contributed by atoms with van der Waals surface area (Å²) in [6.07, 6.45) is 2.45. The van der Waals surface area contributed by atoms with Crippen LogP contribution in [-0.2, 0) is 4.79 Å². The third-order valence-corrected chi connectivity index (χ3v) is 4.71. The highest BCUT2D eigenvalue weighted by Gasteiger charge is 2.17. The van der Waals surface area contributed by atoms with Crippen molar-refractivity contribution >= 4 is 17.7 Å². The maximum absolute atomic E-state index is 11.9. The zero-order valence-electron chi connectivity index (χ0n) is 12.8. The number of likely N-dealkylation sites (tertiary alicyclic amines) is 1. The van der Waals surface area contributed by atoms with Gasteiger partial charge in [-0.15, -0.1) is 11.8 Å². The van der Waals surface area contributed by atoms with Gasteiger partial charge in [0.1, 0.15) is 5.75 Å². The van der Waals surface area contributed by atoms with Gasteiger partial charge in [0, 0.05) is 18.0 Å². The van der Waals surface area contributed by atoms with Crippen LogP contribution in [0.5, 0.6) is 5.75 Å². The van der Waals surface area contributed by atoms with Crippen molar-refractivity contribution in [2.75, 3.05) is 39.5 Å². The van der Waals surface area contributed by atoms with Crippen molar-refractivity contribution < 1.29 is 9.53 Å². The number of rotatable bonds is 6. The van der Waals surface area contributed by atoms with Crippen molar-refractivity contribution in [1.29, 1.82) is 0 Å². The highest BCUT2D eigenvalue weighted by Crippen LogP contribution is 2.22. The smallest absolute Gasteiger partial charge is 0.230 e. The first kappa shape index (κ1) is 16.2. The fourth-order valence-corrected chi connectivity index (χ4v) is 3.36. The lowest BCUT2D eigenvalue weighted by molar-refractivity contribution is -0.118. The average Bonchev–Trinajstić information content (AvgIpc) is 2.51. The average molecular weight is 308 g/mol. The number of carbonyl (C=O) groups is 1. The summed E-state index contributed by atoms with van der Waals surface area (Å²) in [4.78, 5) is 15.3. The summed E-state index contributed by atoms with van der Waals surface area (Å²) in [5.41, 5.74) is 0. The fourth-order valence-electron chi connectivity index (χ4n) is 2.59. The van der Waals surface area contributed by atoms with Crippen molar-refractivity contribution in [3.8, 4) is 5.75 Å². The van der Waals surface area contributed by atoms with Crippen LogP contribution in [0.25, 0.3) is 0 Å². The van der Waals surface area contributed by atoms with E-state index < -0.39 is 0 Å². The Hall–Kier alpha value is -1.20. The first-order valence-electron chi connectivity index (χ1n) is 7.39. The molecule has 1 fully saturated rings. The van der Waals surface area contributed by atoms with Crippen LogP contribution in [0.2, 0.25) is 0 Å². The molecule has 1 aromatic rings. The molecule has 1 aliphatic rings. The molecule has 1 atom stereocenters.